The highest BCUT2D eigenvalue weighted by molar-refractivity contribution is 6.26. The van der Waals surface area contributed by atoms with E-state index in [1.165, 1.54) is 11.0 Å². The fourth-order valence-electron chi connectivity index (χ4n) is 5.59. The highest BCUT2D eigenvalue weighted by atomic mass is 16.5. The number of aliphatic hydroxyl groups is 2. The van der Waals surface area contributed by atoms with Crippen molar-refractivity contribution in [3.63, 3.8) is 0 Å². The van der Waals surface area contributed by atoms with Gasteiger partial charge in [0.25, 0.3) is 5.91 Å². The lowest BCUT2D eigenvalue weighted by Crippen LogP contribution is -2.24. The van der Waals surface area contributed by atoms with E-state index in [0.29, 0.717) is 22.3 Å². The lowest BCUT2D eigenvalue weighted by atomic mass is 9.92. The Kier molecular flexibility index (Phi) is 5.71. The number of carbonyl (C=O) groups is 1. The first-order valence-electron chi connectivity index (χ1n) is 12.9. The predicted octanol–water partition coefficient (Wildman–Crippen LogP) is 2.73. The Hall–Kier alpha value is -4.82. The second kappa shape index (κ2) is 9.43. The quantitative estimate of drug-likeness (QED) is 0.200. The predicted molar refractivity (Wildman–Crippen MR) is 151 cm³/mol. The molecule has 198 valence electrons. The van der Waals surface area contributed by atoms with E-state index >= 15 is 0 Å². The summed E-state index contributed by atoms with van der Waals surface area (Å²) in [6, 6.07) is 18.2. The van der Waals surface area contributed by atoms with Gasteiger partial charge in [-0.25, -0.2) is 14.6 Å². The zero-order chi connectivity index (χ0) is 27.4. The fourth-order valence-corrected chi connectivity index (χ4v) is 5.59. The van der Waals surface area contributed by atoms with Gasteiger partial charge in [-0.05, 0) is 44.3 Å². The van der Waals surface area contributed by atoms with Crippen molar-refractivity contribution in [1.82, 2.24) is 25.1 Å². The minimum atomic E-state index is -0.835. The van der Waals surface area contributed by atoms with Gasteiger partial charge in [-0.3, -0.25) is 4.79 Å². The van der Waals surface area contributed by atoms with Gasteiger partial charge in [0.2, 0.25) is 0 Å². The molecule has 0 radical (unpaired) electrons. The molecule has 3 atom stereocenters. The van der Waals surface area contributed by atoms with Gasteiger partial charge in [-0.15, -0.1) is 0 Å². The Bertz CT molecular complexity index is 1980. The van der Waals surface area contributed by atoms with Gasteiger partial charge in [0.1, 0.15) is 23.9 Å². The second-order valence-corrected chi connectivity index (χ2v) is 9.82. The third kappa shape index (κ3) is 3.79. The number of fused-ring (bicyclic) bond motifs is 1. The largest absolute Gasteiger partial charge is 0.394 e. The number of anilines is 1. The van der Waals surface area contributed by atoms with Gasteiger partial charge in [0.05, 0.1) is 24.6 Å². The highest BCUT2D eigenvalue weighted by Gasteiger charge is 2.36. The first kappa shape index (κ1) is 24.2. The van der Waals surface area contributed by atoms with E-state index in [4.69, 9.17) is 10.5 Å². The van der Waals surface area contributed by atoms with Crippen LogP contribution in [0.5, 0.6) is 0 Å². The van der Waals surface area contributed by atoms with Gasteiger partial charge in [0.15, 0.2) is 11.9 Å². The number of benzene rings is 4. The average Bonchev–Trinajstić information content (AvgIpc) is 3.54. The molecule has 10 heteroatoms. The molecule has 0 spiro atoms. The minimum Gasteiger partial charge on any atom is -0.394 e. The number of nitrogens with two attached hydrogens (primary N) is 1. The summed E-state index contributed by atoms with van der Waals surface area (Å²) >= 11 is 0. The monoisotopic (exact) mass is 532 g/mol. The molecule has 1 aliphatic heterocycles. The van der Waals surface area contributed by atoms with Crippen molar-refractivity contribution >= 4 is 55.1 Å². The SMILES string of the molecule is Nc1ncnc2c1c(C#CCNC(=O)c1ccc3ccc4cccc5ccc1c3c45)nn2[C@H]1C[C@H](O)[C@@H](CO)O1. The average molecular weight is 533 g/mol. The van der Waals surface area contributed by atoms with Crippen molar-refractivity contribution in [3.8, 4) is 11.8 Å². The van der Waals surface area contributed by atoms with Gasteiger partial charge in [-0.2, -0.15) is 5.10 Å². The summed E-state index contributed by atoms with van der Waals surface area (Å²) in [7, 11) is 0. The number of nitrogens with one attached hydrogen (secondary N) is 1. The molecule has 0 bridgehead atoms. The van der Waals surface area contributed by atoms with E-state index in [-0.39, 0.29) is 31.3 Å². The van der Waals surface area contributed by atoms with Crippen molar-refractivity contribution < 1.29 is 19.7 Å². The van der Waals surface area contributed by atoms with Crippen LogP contribution in [0, 0.1) is 11.8 Å². The smallest absolute Gasteiger partial charge is 0.252 e. The maximum Gasteiger partial charge on any atom is 0.252 e. The summed E-state index contributed by atoms with van der Waals surface area (Å²) in [5.74, 6) is 5.90. The summed E-state index contributed by atoms with van der Waals surface area (Å²) in [5, 5.41) is 34.0. The number of aromatic nitrogens is 4. The maximum absolute atomic E-state index is 13.2. The number of hydrogen-bond donors (Lipinski definition) is 4. The molecule has 40 heavy (non-hydrogen) atoms. The molecule has 1 aliphatic rings. The Balaban J connectivity index is 1.17. The number of nitrogen functional groups attached to an aromatic ring is 1. The lowest BCUT2D eigenvalue weighted by molar-refractivity contribution is -0.0470. The van der Waals surface area contributed by atoms with Crippen LogP contribution in [0.1, 0.15) is 28.7 Å². The van der Waals surface area contributed by atoms with Crippen LogP contribution >= 0.6 is 0 Å². The van der Waals surface area contributed by atoms with E-state index < -0.39 is 18.4 Å². The summed E-state index contributed by atoms with van der Waals surface area (Å²) in [6.07, 6.45) is -0.646. The molecular weight excluding hydrogens is 508 g/mol. The van der Waals surface area contributed by atoms with Gasteiger partial charge < -0.3 is 26.0 Å². The molecule has 1 saturated heterocycles. The Labute approximate surface area is 227 Å². The molecule has 6 aromatic rings. The summed E-state index contributed by atoms with van der Waals surface area (Å²) in [5.41, 5.74) is 7.44. The van der Waals surface area contributed by atoms with Crippen LogP contribution in [0.3, 0.4) is 0 Å². The third-order valence-electron chi connectivity index (χ3n) is 7.49. The number of nitrogens with zero attached hydrogens (tertiary/aromatic N) is 4. The minimum absolute atomic E-state index is 0.0774. The van der Waals surface area contributed by atoms with Crippen LogP contribution in [-0.2, 0) is 4.74 Å². The molecule has 0 saturated carbocycles. The van der Waals surface area contributed by atoms with Crippen molar-refractivity contribution in [2.75, 3.05) is 18.9 Å². The fraction of sp³-hybridized carbons (Fsp3) is 0.200. The topological polar surface area (TPSA) is 148 Å². The Morgan fingerprint density at radius 2 is 1.80 bits per heavy atom. The van der Waals surface area contributed by atoms with Crippen LogP contribution in [0.2, 0.25) is 0 Å². The molecule has 1 fully saturated rings. The number of aliphatic hydroxyl groups excluding tert-OH is 2. The van der Waals surface area contributed by atoms with Crippen LogP contribution in [0.25, 0.3) is 43.4 Å². The van der Waals surface area contributed by atoms with Crippen molar-refractivity contribution in [2.24, 2.45) is 0 Å². The molecule has 4 aromatic carbocycles. The van der Waals surface area contributed by atoms with Gasteiger partial charge in [-0.1, -0.05) is 54.5 Å². The molecule has 5 N–H and O–H groups in total. The lowest BCUT2D eigenvalue weighted by Gasteiger charge is -2.13. The van der Waals surface area contributed by atoms with Crippen molar-refractivity contribution in [2.45, 2.75) is 24.9 Å². The van der Waals surface area contributed by atoms with Crippen LogP contribution in [-0.4, -0.2) is 61.2 Å². The van der Waals surface area contributed by atoms with E-state index in [2.05, 4.69) is 56.5 Å². The third-order valence-corrected chi connectivity index (χ3v) is 7.49. The van der Waals surface area contributed by atoms with Gasteiger partial charge >= 0.3 is 0 Å². The Morgan fingerprint density at radius 3 is 2.58 bits per heavy atom. The number of amides is 1. The number of rotatable bonds is 4. The molecule has 2 aromatic heterocycles. The summed E-state index contributed by atoms with van der Waals surface area (Å²) in [6.45, 7) is -0.236. The van der Waals surface area contributed by atoms with E-state index in [9.17, 15) is 15.0 Å². The van der Waals surface area contributed by atoms with Crippen LogP contribution in [0.4, 0.5) is 5.82 Å². The molecule has 10 nitrogen and oxygen atoms in total. The van der Waals surface area contributed by atoms with Crippen molar-refractivity contribution in [3.05, 3.63) is 72.2 Å². The Morgan fingerprint density at radius 1 is 1.05 bits per heavy atom. The summed E-state index contributed by atoms with van der Waals surface area (Å²) < 4.78 is 7.25. The second-order valence-electron chi connectivity index (χ2n) is 9.82. The van der Waals surface area contributed by atoms with E-state index in [1.54, 1.807) is 0 Å². The van der Waals surface area contributed by atoms with Gasteiger partial charge in [0, 0.05) is 12.0 Å². The number of hydrogen-bond acceptors (Lipinski definition) is 8. The number of carbonyl (C=O) groups excluding carboxylic acids is 1. The molecule has 3 heterocycles. The first-order chi connectivity index (χ1) is 19.5. The molecular formula is C30H24N6O4. The standard InChI is InChI=1S/C30H24N6O4/c31-28-27-21(35-36(29(27)34-15-33-28)24-13-22(38)23(14-37)40-24)5-2-12-32-30(39)20-11-9-18-7-6-16-3-1-4-17-8-10-19(20)26(18)25(16)17/h1,3-4,6-11,15,22-24,37-38H,12-14H2,(H,32,39)(H2,31,33,34)/t22-,23+,24+/m0/s1. The molecule has 0 aliphatic carbocycles. The highest BCUT2D eigenvalue weighted by Crippen LogP contribution is 2.36. The zero-order valence-corrected chi connectivity index (χ0v) is 21.2. The molecule has 7 rings (SSSR count). The van der Waals surface area contributed by atoms with Crippen LogP contribution in [0.15, 0.2) is 60.9 Å². The summed E-state index contributed by atoms with van der Waals surface area (Å²) in [4.78, 5) is 21.6. The van der Waals surface area contributed by atoms with Crippen molar-refractivity contribution in [1.29, 1.82) is 0 Å². The number of ether oxygens (including phenoxy) is 1. The first-order valence-corrected chi connectivity index (χ1v) is 12.9. The zero-order valence-electron chi connectivity index (χ0n) is 21.2. The van der Waals surface area contributed by atoms with E-state index in [1.807, 2.05) is 30.3 Å². The van der Waals surface area contributed by atoms with Crippen LogP contribution < -0.4 is 11.1 Å². The maximum atomic E-state index is 13.2. The van der Waals surface area contributed by atoms with E-state index in [0.717, 1.165) is 32.3 Å². The normalized spacial score (nSPS) is 19.0. The molecule has 1 amide bonds. The molecule has 0 unspecified atom stereocenters.